The molecular weight excluding hydrogens is 206 g/mol. The van der Waals surface area contributed by atoms with Crippen molar-refractivity contribution in [2.24, 2.45) is 5.41 Å². The maximum Gasteiger partial charge on any atom is 0.143 e. The first-order valence-electron chi connectivity index (χ1n) is 5.23. The summed E-state index contributed by atoms with van der Waals surface area (Å²) in [7, 11) is 1.51. The largest absolute Gasteiger partial charge is 0.495 e. The van der Waals surface area contributed by atoms with Gasteiger partial charge in [0.15, 0.2) is 0 Å². The molecule has 4 nitrogen and oxygen atoms in total. The van der Waals surface area contributed by atoms with E-state index in [2.05, 4.69) is 4.98 Å². The summed E-state index contributed by atoms with van der Waals surface area (Å²) in [4.78, 5) is 4.05. The summed E-state index contributed by atoms with van der Waals surface area (Å²) in [6.45, 7) is 5.57. The number of aliphatic hydroxyl groups is 2. The molecular formula is C12H19NO3. The van der Waals surface area contributed by atoms with Gasteiger partial charge in [-0.25, -0.2) is 0 Å². The Morgan fingerprint density at radius 3 is 2.44 bits per heavy atom. The van der Waals surface area contributed by atoms with Gasteiger partial charge in [0.2, 0.25) is 0 Å². The lowest BCUT2D eigenvalue weighted by atomic mass is 9.84. The van der Waals surface area contributed by atoms with Crippen molar-refractivity contribution in [3.05, 3.63) is 24.0 Å². The van der Waals surface area contributed by atoms with E-state index in [1.807, 2.05) is 20.8 Å². The van der Waals surface area contributed by atoms with Gasteiger partial charge in [0.05, 0.1) is 13.2 Å². The van der Waals surface area contributed by atoms with Crippen molar-refractivity contribution >= 4 is 0 Å². The Morgan fingerprint density at radius 2 is 1.94 bits per heavy atom. The van der Waals surface area contributed by atoms with Crippen molar-refractivity contribution in [2.45, 2.75) is 33.0 Å². The molecule has 2 N–H and O–H groups in total. The van der Waals surface area contributed by atoms with Crippen LogP contribution in [-0.4, -0.2) is 28.4 Å². The van der Waals surface area contributed by atoms with Gasteiger partial charge < -0.3 is 14.9 Å². The first-order valence-corrected chi connectivity index (χ1v) is 5.23. The van der Waals surface area contributed by atoms with Gasteiger partial charge in [-0.3, -0.25) is 4.98 Å². The predicted octanol–water partition coefficient (Wildman–Crippen LogP) is 1.53. The Morgan fingerprint density at radius 1 is 1.31 bits per heavy atom. The number of ether oxygens (including phenoxy) is 1. The number of methoxy groups -OCH3 is 1. The van der Waals surface area contributed by atoms with E-state index in [0.29, 0.717) is 11.4 Å². The molecule has 1 heterocycles. The Labute approximate surface area is 95.9 Å². The van der Waals surface area contributed by atoms with E-state index in [1.54, 1.807) is 18.3 Å². The van der Waals surface area contributed by atoms with Gasteiger partial charge in [0, 0.05) is 6.20 Å². The van der Waals surface area contributed by atoms with Crippen LogP contribution >= 0.6 is 0 Å². The number of hydrogen-bond acceptors (Lipinski definition) is 4. The van der Waals surface area contributed by atoms with E-state index >= 15 is 0 Å². The summed E-state index contributed by atoms with van der Waals surface area (Å²) in [5.41, 5.74) is -0.0467. The van der Waals surface area contributed by atoms with Crippen LogP contribution in [-0.2, 0) is 0 Å². The monoisotopic (exact) mass is 225 g/mol. The van der Waals surface area contributed by atoms with E-state index in [4.69, 9.17) is 4.74 Å². The second kappa shape index (κ2) is 4.80. The van der Waals surface area contributed by atoms with Crippen molar-refractivity contribution in [3.63, 3.8) is 0 Å². The molecule has 0 spiro atoms. The lowest BCUT2D eigenvalue weighted by Crippen LogP contribution is -2.33. The number of aromatic nitrogens is 1. The number of nitrogens with zero attached hydrogens (tertiary/aromatic N) is 1. The second-order valence-electron chi connectivity index (χ2n) is 4.85. The second-order valence-corrected chi connectivity index (χ2v) is 4.85. The van der Waals surface area contributed by atoms with E-state index < -0.39 is 17.6 Å². The smallest absolute Gasteiger partial charge is 0.143 e. The molecule has 2 atom stereocenters. The first-order chi connectivity index (χ1) is 7.38. The quantitative estimate of drug-likeness (QED) is 0.819. The minimum absolute atomic E-state index is 0.368. The normalized spacial score (nSPS) is 15.6. The molecule has 0 fully saturated rings. The van der Waals surface area contributed by atoms with Crippen molar-refractivity contribution in [3.8, 4) is 5.75 Å². The highest BCUT2D eigenvalue weighted by molar-refractivity contribution is 5.29. The van der Waals surface area contributed by atoms with Gasteiger partial charge in [-0.2, -0.15) is 0 Å². The van der Waals surface area contributed by atoms with Crippen LogP contribution in [0, 0.1) is 5.41 Å². The van der Waals surface area contributed by atoms with Crippen molar-refractivity contribution in [2.75, 3.05) is 7.11 Å². The molecule has 0 aromatic carbocycles. The lowest BCUT2D eigenvalue weighted by Gasteiger charge is -2.30. The molecule has 0 amide bonds. The van der Waals surface area contributed by atoms with Crippen LogP contribution in [0.15, 0.2) is 18.3 Å². The van der Waals surface area contributed by atoms with Gasteiger partial charge in [-0.05, 0) is 17.5 Å². The summed E-state index contributed by atoms with van der Waals surface area (Å²) in [5, 5.41) is 20.0. The minimum Gasteiger partial charge on any atom is -0.495 e. The maximum absolute atomic E-state index is 10.0. The average molecular weight is 225 g/mol. The Hall–Kier alpha value is -1.13. The van der Waals surface area contributed by atoms with Crippen molar-refractivity contribution in [1.82, 2.24) is 4.98 Å². The van der Waals surface area contributed by atoms with Crippen LogP contribution < -0.4 is 4.74 Å². The Kier molecular flexibility index (Phi) is 3.88. The average Bonchev–Trinajstić information content (AvgIpc) is 2.25. The predicted molar refractivity (Wildman–Crippen MR) is 61.2 cm³/mol. The zero-order chi connectivity index (χ0) is 12.3. The zero-order valence-electron chi connectivity index (χ0n) is 10.1. The van der Waals surface area contributed by atoms with Crippen LogP contribution in [0.1, 0.15) is 32.6 Å². The van der Waals surface area contributed by atoms with Gasteiger partial charge in [0.1, 0.15) is 17.5 Å². The summed E-state index contributed by atoms with van der Waals surface area (Å²) < 4.78 is 5.10. The fraction of sp³-hybridized carbons (Fsp3) is 0.583. The first kappa shape index (κ1) is 12.9. The fourth-order valence-corrected chi connectivity index (χ4v) is 1.42. The molecule has 1 rings (SSSR count). The topological polar surface area (TPSA) is 62.6 Å². The highest BCUT2D eigenvalue weighted by Gasteiger charge is 2.32. The SMILES string of the molecule is COc1cccnc1C(O)C(O)C(C)(C)C. The molecule has 1 aromatic heterocycles. The van der Waals surface area contributed by atoms with Gasteiger partial charge in [-0.1, -0.05) is 20.8 Å². The van der Waals surface area contributed by atoms with Gasteiger partial charge >= 0.3 is 0 Å². The Balaban J connectivity index is 3.00. The lowest BCUT2D eigenvalue weighted by molar-refractivity contribution is -0.0485. The molecule has 0 aliphatic heterocycles. The number of pyridine rings is 1. The van der Waals surface area contributed by atoms with Crippen molar-refractivity contribution < 1.29 is 14.9 Å². The molecule has 0 saturated heterocycles. The standard InChI is InChI=1S/C12H19NO3/c1-12(2,3)11(15)10(14)9-8(16-4)6-5-7-13-9/h5-7,10-11,14-15H,1-4H3. The van der Waals surface area contributed by atoms with Crippen LogP contribution in [0.4, 0.5) is 0 Å². The molecule has 4 heteroatoms. The number of rotatable bonds is 3. The van der Waals surface area contributed by atoms with E-state index in [9.17, 15) is 10.2 Å². The van der Waals surface area contributed by atoms with E-state index in [0.717, 1.165) is 0 Å². The Bertz CT molecular complexity index is 346. The third-order valence-electron chi connectivity index (χ3n) is 2.49. The molecule has 0 saturated carbocycles. The van der Waals surface area contributed by atoms with Gasteiger partial charge in [-0.15, -0.1) is 0 Å². The van der Waals surface area contributed by atoms with Gasteiger partial charge in [0.25, 0.3) is 0 Å². The van der Waals surface area contributed by atoms with E-state index in [1.165, 1.54) is 7.11 Å². The fourth-order valence-electron chi connectivity index (χ4n) is 1.42. The van der Waals surface area contributed by atoms with Crippen molar-refractivity contribution in [1.29, 1.82) is 0 Å². The summed E-state index contributed by atoms with van der Waals surface area (Å²) in [5.74, 6) is 0.485. The minimum atomic E-state index is -1.05. The summed E-state index contributed by atoms with van der Waals surface area (Å²) in [6.07, 6.45) is -0.372. The molecule has 0 bridgehead atoms. The maximum atomic E-state index is 10.0. The third kappa shape index (κ3) is 2.71. The van der Waals surface area contributed by atoms with Crippen LogP contribution in [0.3, 0.4) is 0 Å². The highest BCUT2D eigenvalue weighted by Crippen LogP contribution is 2.32. The van der Waals surface area contributed by atoms with E-state index in [-0.39, 0.29) is 0 Å². The highest BCUT2D eigenvalue weighted by atomic mass is 16.5. The van der Waals surface area contributed by atoms with Crippen LogP contribution in [0.2, 0.25) is 0 Å². The molecule has 90 valence electrons. The van der Waals surface area contributed by atoms with Crippen LogP contribution in [0.25, 0.3) is 0 Å². The molecule has 2 unspecified atom stereocenters. The molecule has 1 aromatic rings. The molecule has 0 radical (unpaired) electrons. The number of aliphatic hydroxyl groups excluding tert-OH is 2. The summed E-state index contributed by atoms with van der Waals surface area (Å²) >= 11 is 0. The zero-order valence-corrected chi connectivity index (χ0v) is 10.1. The van der Waals surface area contributed by atoms with Crippen LogP contribution in [0.5, 0.6) is 5.75 Å². The molecule has 0 aliphatic carbocycles. The molecule has 16 heavy (non-hydrogen) atoms. The third-order valence-corrected chi connectivity index (χ3v) is 2.49. The summed E-state index contributed by atoms with van der Waals surface area (Å²) in [6, 6.07) is 3.43. The number of hydrogen-bond donors (Lipinski definition) is 2. The molecule has 0 aliphatic rings.